The average molecular weight is 154 g/mol. The second-order valence-electron chi connectivity index (χ2n) is 4.25. The molecule has 0 spiro atoms. The van der Waals surface area contributed by atoms with Gasteiger partial charge in [0.25, 0.3) is 0 Å². The monoisotopic (exact) mass is 154 g/mol. The lowest BCUT2D eigenvalue weighted by molar-refractivity contribution is -0.00147. The summed E-state index contributed by atoms with van der Waals surface area (Å²) in [5.74, 6) is 0. The van der Waals surface area contributed by atoms with E-state index in [1.165, 1.54) is 0 Å². The predicted molar refractivity (Wildman–Crippen MR) is 47.5 cm³/mol. The van der Waals surface area contributed by atoms with Crippen molar-refractivity contribution in [1.82, 2.24) is 0 Å². The van der Waals surface area contributed by atoms with Gasteiger partial charge in [0, 0.05) is 0 Å². The molecule has 11 heavy (non-hydrogen) atoms. The van der Waals surface area contributed by atoms with E-state index in [-0.39, 0.29) is 5.41 Å². The third-order valence-electron chi connectivity index (χ3n) is 2.08. The van der Waals surface area contributed by atoms with Gasteiger partial charge in [0.15, 0.2) is 0 Å². The van der Waals surface area contributed by atoms with Crippen molar-refractivity contribution >= 4 is 0 Å². The fourth-order valence-corrected chi connectivity index (χ4v) is 1.23. The van der Waals surface area contributed by atoms with Crippen LogP contribution in [0.1, 0.15) is 34.1 Å². The van der Waals surface area contributed by atoms with Gasteiger partial charge in [-0.3, -0.25) is 0 Å². The Bertz CT molecular complexity index is 153. The van der Waals surface area contributed by atoms with Crippen LogP contribution in [0, 0.1) is 5.41 Å². The second kappa shape index (κ2) is 2.98. The number of ether oxygens (including phenoxy) is 1. The quantitative estimate of drug-likeness (QED) is 0.528. The average Bonchev–Trinajstić information content (AvgIpc) is 2.32. The lowest BCUT2D eigenvalue weighted by atomic mass is 9.89. The Hall–Kier alpha value is -0.300. The van der Waals surface area contributed by atoms with Gasteiger partial charge in [0.05, 0.1) is 12.2 Å². The van der Waals surface area contributed by atoms with Gasteiger partial charge in [-0.05, 0) is 11.8 Å². The van der Waals surface area contributed by atoms with Crippen molar-refractivity contribution in [3.63, 3.8) is 0 Å². The summed E-state index contributed by atoms with van der Waals surface area (Å²) in [7, 11) is 0. The molecule has 0 aromatic rings. The van der Waals surface area contributed by atoms with Crippen LogP contribution in [0.4, 0.5) is 0 Å². The van der Waals surface area contributed by atoms with Crippen molar-refractivity contribution in [1.29, 1.82) is 0 Å². The first kappa shape index (κ1) is 8.79. The lowest BCUT2D eigenvalue weighted by Gasteiger charge is -2.26. The highest BCUT2D eigenvalue weighted by atomic mass is 16.5. The van der Waals surface area contributed by atoms with Gasteiger partial charge in [-0.1, -0.05) is 39.8 Å². The van der Waals surface area contributed by atoms with E-state index >= 15 is 0 Å². The minimum Gasteiger partial charge on any atom is -0.366 e. The van der Waals surface area contributed by atoms with Gasteiger partial charge in [0.1, 0.15) is 0 Å². The highest BCUT2D eigenvalue weighted by Gasteiger charge is 2.28. The van der Waals surface area contributed by atoms with Crippen molar-refractivity contribution in [3.8, 4) is 0 Å². The van der Waals surface area contributed by atoms with Crippen LogP contribution in [0.5, 0.6) is 0 Å². The Morgan fingerprint density at radius 1 is 1.27 bits per heavy atom. The molecule has 0 saturated heterocycles. The fourth-order valence-electron chi connectivity index (χ4n) is 1.23. The molecule has 0 amide bonds. The molecule has 0 fully saturated rings. The summed E-state index contributed by atoms with van der Waals surface area (Å²) < 4.78 is 5.76. The molecule has 1 nitrogen and oxygen atoms in total. The molecule has 0 bridgehead atoms. The molecule has 0 saturated carbocycles. The van der Waals surface area contributed by atoms with Gasteiger partial charge >= 0.3 is 0 Å². The summed E-state index contributed by atoms with van der Waals surface area (Å²) in [6.45, 7) is 8.78. The number of rotatable bonds is 1. The van der Waals surface area contributed by atoms with Crippen LogP contribution in [0.15, 0.2) is 12.2 Å². The van der Waals surface area contributed by atoms with Crippen molar-refractivity contribution in [3.05, 3.63) is 12.2 Å². The van der Waals surface area contributed by atoms with Crippen molar-refractivity contribution in [2.75, 3.05) is 0 Å². The third kappa shape index (κ3) is 2.06. The van der Waals surface area contributed by atoms with Crippen molar-refractivity contribution in [2.24, 2.45) is 5.41 Å². The molecule has 1 rings (SSSR count). The van der Waals surface area contributed by atoms with E-state index in [1.54, 1.807) is 0 Å². The van der Waals surface area contributed by atoms with E-state index in [0.717, 1.165) is 6.42 Å². The summed E-state index contributed by atoms with van der Waals surface area (Å²) in [6.07, 6.45) is 6.12. The van der Waals surface area contributed by atoms with E-state index in [4.69, 9.17) is 4.74 Å². The van der Waals surface area contributed by atoms with E-state index in [1.807, 2.05) is 0 Å². The molecule has 64 valence electrons. The minimum absolute atomic E-state index is 0.250. The molecule has 1 heteroatoms. The van der Waals surface area contributed by atoms with Crippen LogP contribution in [-0.4, -0.2) is 12.2 Å². The standard InChI is InChI=1S/C10H18O/c1-5-8-6-7-9(11-8)10(2,3)4/h6-9H,5H2,1-4H3/t8-,9-/m0/s1. The Morgan fingerprint density at radius 3 is 2.18 bits per heavy atom. The van der Waals surface area contributed by atoms with E-state index < -0.39 is 0 Å². The molecule has 1 aliphatic rings. The maximum atomic E-state index is 5.76. The Balaban J connectivity index is 2.50. The molecule has 2 atom stereocenters. The zero-order chi connectivity index (χ0) is 8.48. The summed E-state index contributed by atoms with van der Waals surface area (Å²) in [5.41, 5.74) is 0.250. The lowest BCUT2D eigenvalue weighted by Crippen LogP contribution is -2.26. The van der Waals surface area contributed by atoms with Crippen LogP contribution in [0.25, 0.3) is 0 Å². The first-order valence-electron chi connectivity index (χ1n) is 4.38. The Labute approximate surface area is 69.4 Å². The molecule has 0 radical (unpaired) electrons. The molecular weight excluding hydrogens is 136 g/mol. The van der Waals surface area contributed by atoms with Crippen LogP contribution < -0.4 is 0 Å². The van der Waals surface area contributed by atoms with E-state index in [0.29, 0.717) is 12.2 Å². The molecule has 0 N–H and O–H groups in total. The van der Waals surface area contributed by atoms with Gasteiger partial charge in [-0.2, -0.15) is 0 Å². The topological polar surface area (TPSA) is 9.23 Å². The molecule has 0 aromatic heterocycles. The third-order valence-corrected chi connectivity index (χ3v) is 2.08. The van der Waals surface area contributed by atoms with E-state index in [2.05, 4.69) is 39.8 Å². The van der Waals surface area contributed by atoms with Gasteiger partial charge < -0.3 is 4.74 Å². The SMILES string of the molecule is CC[C@H]1C=C[C@@H](C(C)(C)C)O1. The molecule has 0 aliphatic carbocycles. The normalized spacial score (nSPS) is 31.3. The van der Waals surface area contributed by atoms with Gasteiger partial charge in [0.2, 0.25) is 0 Å². The first-order valence-corrected chi connectivity index (χ1v) is 4.38. The highest BCUT2D eigenvalue weighted by molar-refractivity contribution is 5.05. The van der Waals surface area contributed by atoms with Crippen LogP contribution >= 0.6 is 0 Å². The summed E-state index contributed by atoms with van der Waals surface area (Å²) >= 11 is 0. The zero-order valence-corrected chi connectivity index (χ0v) is 7.92. The zero-order valence-electron chi connectivity index (χ0n) is 7.92. The van der Waals surface area contributed by atoms with Crippen molar-refractivity contribution < 1.29 is 4.74 Å². The van der Waals surface area contributed by atoms with E-state index in [9.17, 15) is 0 Å². The molecule has 0 aromatic carbocycles. The van der Waals surface area contributed by atoms with Crippen LogP contribution in [-0.2, 0) is 4.74 Å². The van der Waals surface area contributed by atoms with Gasteiger partial charge in [-0.25, -0.2) is 0 Å². The van der Waals surface area contributed by atoms with Crippen molar-refractivity contribution in [2.45, 2.75) is 46.3 Å². The van der Waals surface area contributed by atoms with Crippen LogP contribution in [0.2, 0.25) is 0 Å². The number of hydrogen-bond acceptors (Lipinski definition) is 1. The maximum absolute atomic E-state index is 5.76. The predicted octanol–water partition coefficient (Wildman–Crippen LogP) is 2.77. The molecule has 0 unspecified atom stereocenters. The second-order valence-corrected chi connectivity index (χ2v) is 4.25. The Kier molecular flexibility index (Phi) is 2.38. The summed E-state index contributed by atoms with van der Waals surface area (Å²) in [6, 6.07) is 0. The molecule has 1 heterocycles. The Morgan fingerprint density at radius 2 is 1.91 bits per heavy atom. The molecular formula is C10H18O. The first-order chi connectivity index (χ1) is 5.04. The smallest absolute Gasteiger partial charge is 0.0813 e. The maximum Gasteiger partial charge on any atom is 0.0813 e. The number of hydrogen-bond donors (Lipinski definition) is 0. The fraction of sp³-hybridized carbons (Fsp3) is 0.800. The van der Waals surface area contributed by atoms with Gasteiger partial charge in [-0.15, -0.1) is 0 Å². The van der Waals surface area contributed by atoms with Crippen LogP contribution in [0.3, 0.4) is 0 Å². The molecule has 1 aliphatic heterocycles. The summed E-state index contributed by atoms with van der Waals surface area (Å²) in [5, 5.41) is 0. The highest BCUT2D eigenvalue weighted by Crippen LogP contribution is 2.29. The largest absolute Gasteiger partial charge is 0.366 e. The minimum atomic E-state index is 0.250. The summed E-state index contributed by atoms with van der Waals surface area (Å²) in [4.78, 5) is 0.